The maximum Gasteiger partial charge on any atom is 0.407 e. The summed E-state index contributed by atoms with van der Waals surface area (Å²) in [6, 6.07) is 15.5. The maximum absolute atomic E-state index is 12.1. The number of carbonyl (C=O) groups is 2. The molecule has 7 heteroatoms. The minimum Gasteiger partial charge on any atom is -0.490 e. The van der Waals surface area contributed by atoms with Crippen LogP contribution in [0.4, 0.5) is 4.79 Å². The molecule has 0 heterocycles. The number of ether oxygens (including phenoxy) is 2. The number of nitrogens with one attached hydrogen (secondary N) is 1. The van der Waals surface area contributed by atoms with Gasteiger partial charge in [0.25, 0.3) is 5.91 Å². The highest BCUT2D eigenvalue weighted by Crippen LogP contribution is 2.56. The Morgan fingerprint density at radius 1 is 1.06 bits per heavy atom. The van der Waals surface area contributed by atoms with Crippen LogP contribution in [0.2, 0.25) is 0 Å². The number of primary amides is 1. The van der Waals surface area contributed by atoms with Gasteiger partial charge in [-0.05, 0) is 87.8 Å². The molecule has 182 valence electrons. The van der Waals surface area contributed by atoms with Crippen molar-refractivity contribution in [3.8, 4) is 5.75 Å². The van der Waals surface area contributed by atoms with Gasteiger partial charge in [0.2, 0.25) is 0 Å². The van der Waals surface area contributed by atoms with Crippen molar-refractivity contribution >= 4 is 12.0 Å². The zero-order valence-corrected chi connectivity index (χ0v) is 20.1. The number of nitrogens with zero attached hydrogens (tertiary/aromatic N) is 1. The van der Waals surface area contributed by atoms with E-state index in [1.807, 2.05) is 42.5 Å². The van der Waals surface area contributed by atoms with E-state index in [2.05, 4.69) is 24.3 Å². The maximum atomic E-state index is 12.1. The Hall–Kier alpha value is -3.06. The third-order valence-corrected chi connectivity index (χ3v) is 6.89. The molecule has 1 spiro atoms. The van der Waals surface area contributed by atoms with Crippen molar-refractivity contribution in [1.29, 1.82) is 0 Å². The van der Waals surface area contributed by atoms with Gasteiger partial charge in [0.15, 0.2) is 0 Å². The molecule has 0 aromatic heterocycles. The largest absolute Gasteiger partial charge is 0.490 e. The molecular weight excluding hydrogens is 430 g/mol. The van der Waals surface area contributed by atoms with Crippen molar-refractivity contribution in [3.63, 3.8) is 0 Å². The standard InChI is InChI=1S/C27H35N3O4/c1-30(2)12-6-9-19-10-11-23(25(28)31)24(13-19)34-22-16-27(17-22)14-21(15-27)29-26(32)33-18-20-7-4-3-5-8-20/h3-5,7-8,10-11,13,21-22H,6,9,12,14-18H2,1-2H3,(H2,28,31)(H,29,32). The molecule has 2 amide bonds. The first-order valence-corrected chi connectivity index (χ1v) is 12.0. The molecule has 4 rings (SSSR count). The Balaban J connectivity index is 1.22. The van der Waals surface area contributed by atoms with E-state index in [-0.39, 0.29) is 30.3 Å². The van der Waals surface area contributed by atoms with Gasteiger partial charge in [0.05, 0.1) is 11.7 Å². The molecule has 34 heavy (non-hydrogen) atoms. The average molecular weight is 466 g/mol. The van der Waals surface area contributed by atoms with E-state index in [1.165, 1.54) is 0 Å². The summed E-state index contributed by atoms with van der Waals surface area (Å²) in [5.41, 5.74) is 8.36. The number of aryl methyl sites for hydroxylation is 1. The summed E-state index contributed by atoms with van der Waals surface area (Å²) >= 11 is 0. The second-order valence-electron chi connectivity index (χ2n) is 10.1. The summed E-state index contributed by atoms with van der Waals surface area (Å²) in [6.45, 7) is 1.28. The molecule has 7 nitrogen and oxygen atoms in total. The first-order chi connectivity index (χ1) is 16.3. The van der Waals surface area contributed by atoms with E-state index in [0.29, 0.717) is 11.3 Å². The smallest absolute Gasteiger partial charge is 0.407 e. The van der Waals surface area contributed by atoms with Crippen LogP contribution in [0.1, 0.15) is 53.6 Å². The monoisotopic (exact) mass is 465 g/mol. The van der Waals surface area contributed by atoms with Crippen LogP contribution in [-0.2, 0) is 17.8 Å². The van der Waals surface area contributed by atoms with Gasteiger partial charge in [-0.25, -0.2) is 4.79 Å². The van der Waals surface area contributed by atoms with Crippen LogP contribution < -0.4 is 15.8 Å². The SMILES string of the molecule is CN(C)CCCc1ccc(C(N)=O)c(OC2CC3(CC(NC(=O)OCc4ccccc4)C3)C2)c1. The molecule has 2 fully saturated rings. The number of amides is 2. The van der Waals surface area contributed by atoms with Gasteiger partial charge in [-0.2, -0.15) is 0 Å². The van der Waals surface area contributed by atoms with Gasteiger partial charge >= 0.3 is 6.09 Å². The Kier molecular flexibility index (Phi) is 7.41. The fourth-order valence-corrected chi connectivity index (χ4v) is 5.14. The summed E-state index contributed by atoms with van der Waals surface area (Å²) in [7, 11) is 4.12. The summed E-state index contributed by atoms with van der Waals surface area (Å²) < 4.78 is 11.5. The number of benzene rings is 2. The van der Waals surface area contributed by atoms with Crippen molar-refractivity contribution in [2.45, 2.75) is 57.3 Å². The van der Waals surface area contributed by atoms with Crippen molar-refractivity contribution in [3.05, 3.63) is 65.2 Å². The number of carbonyl (C=O) groups excluding carboxylic acids is 2. The lowest BCUT2D eigenvalue weighted by Gasteiger charge is -2.57. The average Bonchev–Trinajstić information content (AvgIpc) is 2.75. The van der Waals surface area contributed by atoms with Crippen LogP contribution in [0.25, 0.3) is 0 Å². The second kappa shape index (κ2) is 10.5. The molecule has 0 saturated heterocycles. The highest BCUT2D eigenvalue weighted by atomic mass is 16.5. The molecule has 2 aromatic carbocycles. The zero-order chi connectivity index (χ0) is 24.1. The highest BCUT2D eigenvalue weighted by Gasteiger charge is 2.54. The van der Waals surface area contributed by atoms with Crippen LogP contribution in [0.3, 0.4) is 0 Å². The fraction of sp³-hybridized carbons (Fsp3) is 0.481. The van der Waals surface area contributed by atoms with Crippen molar-refractivity contribution in [2.24, 2.45) is 11.1 Å². The number of rotatable bonds is 10. The van der Waals surface area contributed by atoms with Gasteiger partial charge in [-0.15, -0.1) is 0 Å². The summed E-state index contributed by atoms with van der Waals surface area (Å²) in [5.74, 6) is 0.124. The number of hydrogen-bond acceptors (Lipinski definition) is 5. The van der Waals surface area contributed by atoms with Gasteiger partial charge < -0.3 is 25.4 Å². The Morgan fingerprint density at radius 3 is 2.47 bits per heavy atom. The molecule has 2 aromatic rings. The van der Waals surface area contributed by atoms with E-state index in [9.17, 15) is 9.59 Å². The van der Waals surface area contributed by atoms with Crippen molar-refractivity contribution < 1.29 is 19.1 Å². The summed E-state index contributed by atoms with van der Waals surface area (Å²) in [6.07, 6.45) is 5.38. The Labute approximate surface area is 201 Å². The van der Waals surface area contributed by atoms with Crippen molar-refractivity contribution in [2.75, 3.05) is 20.6 Å². The number of hydrogen-bond donors (Lipinski definition) is 2. The lowest BCUT2D eigenvalue weighted by Crippen LogP contribution is -2.58. The number of alkyl carbamates (subject to hydrolysis) is 1. The first kappa shape index (κ1) is 24.1. The van der Waals surface area contributed by atoms with Crippen LogP contribution >= 0.6 is 0 Å². The minimum atomic E-state index is -0.467. The molecule has 0 aliphatic heterocycles. The van der Waals surface area contributed by atoms with E-state index in [0.717, 1.165) is 56.2 Å². The second-order valence-corrected chi connectivity index (χ2v) is 10.1. The summed E-state index contributed by atoms with van der Waals surface area (Å²) in [4.78, 5) is 26.1. The first-order valence-electron chi connectivity index (χ1n) is 12.0. The zero-order valence-electron chi connectivity index (χ0n) is 20.1. The van der Waals surface area contributed by atoms with E-state index in [4.69, 9.17) is 15.2 Å². The molecule has 0 unspecified atom stereocenters. The molecule has 0 atom stereocenters. The minimum absolute atomic E-state index is 0.0705. The van der Waals surface area contributed by atoms with Crippen molar-refractivity contribution in [1.82, 2.24) is 10.2 Å². The lowest BCUT2D eigenvalue weighted by molar-refractivity contribution is -0.0844. The van der Waals surface area contributed by atoms with Gasteiger partial charge in [0.1, 0.15) is 12.4 Å². The molecule has 0 radical (unpaired) electrons. The van der Waals surface area contributed by atoms with E-state index >= 15 is 0 Å². The predicted octanol–water partition coefficient (Wildman–Crippen LogP) is 3.90. The van der Waals surface area contributed by atoms with Crippen LogP contribution in [0.15, 0.2) is 48.5 Å². The van der Waals surface area contributed by atoms with E-state index in [1.54, 1.807) is 6.07 Å². The van der Waals surface area contributed by atoms with Gasteiger partial charge in [-0.3, -0.25) is 4.79 Å². The molecule has 2 saturated carbocycles. The molecule has 3 N–H and O–H groups in total. The molecule has 2 aliphatic rings. The molecule has 2 aliphatic carbocycles. The Bertz CT molecular complexity index is 994. The Morgan fingerprint density at radius 2 is 1.79 bits per heavy atom. The quantitative estimate of drug-likeness (QED) is 0.555. The van der Waals surface area contributed by atoms with Gasteiger partial charge in [0, 0.05) is 6.04 Å². The third-order valence-electron chi connectivity index (χ3n) is 6.89. The predicted molar refractivity (Wildman–Crippen MR) is 131 cm³/mol. The van der Waals surface area contributed by atoms with E-state index < -0.39 is 5.91 Å². The fourth-order valence-electron chi connectivity index (χ4n) is 5.14. The summed E-state index contributed by atoms with van der Waals surface area (Å²) in [5, 5.41) is 2.97. The van der Waals surface area contributed by atoms with Crippen LogP contribution in [0, 0.1) is 5.41 Å². The molecular formula is C27H35N3O4. The highest BCUT2D eigenvalue weighted by molar-refractivity contribution is 5.95. The topological polar surface area (TPSA) is 93.9 Å². The lowest BCUT2D eigenvalue weighted by atomic mass is 9.53. The third kappa shape index (κ3) is 6.08. The van der Waals surface area contributed by atoms with Crippen LogP contribution in [-0.4, -0.2) is 49.7 Å². The van der Waals surface area contributed by atoms with Crippen LogP contribution in [0.5, 0.6) is 5.75 Å². The molecule has 0 bridgehead atoms. The number of nitrogens with two attached hydrogens (primary N) is 1. The van der Waals surface area contributed by atoms with Gasteiger partial charge in [-0.1, -0.05) is 36.4 Å². The normalized spacial score (nSPS) is 23.1.